The lowest BCUT2D eigenvalue weighted by molar-refractivity contribution is 0.0955. The van der Waals surface area contributed by atoms with Crippen molar-refractivity contribution in [3.8, 4) is 0 Å². The first kappa shape index (κ1) is 16.2. The van der Waals surface area contributed by atoms with Gasteiger partial charge in [-0.25, -0.2) is 8.42 Å². The van der Waals surface area contributed by atoms with Crippen LogP contribution in [0.3, 0.4) is 0 Å². The summed E-state index contributed by atoms with van der Waals surface area (Å²) in [6.07, 6.45) is 0. The zero-order valence-electron chi connectivity index (χ0n) is 12.2. The van der Waals surface area contributed by atoms with Crippen molar-refractivity contribution in [3.63, 3.8) is 0 Å². The van der Waals surface area contributed by atoms with Crippen molar-refractivity contribution in [1.82, 2.24) is 5.32 Å². The van der Waals surface area contributed by atoms with Crippen molar-refractivity contribution in [2.45, 2.75) is 23.3 Å². The minimum absolute atomic E-state index is 0.154. The Balaban J connectivity index is 2.31. The van der Waals surface area contributed by atoms with E-state index in [1.54, 1.807) is 12.1 Å². The largest absolute Gasteiger partial charge is 0.352 e. The SMILES string of the molecule is CCNC(=O)c1ccc(S(=O)(=O)c2ccc(CN)cc2)cc1. The Hall–Kier alpha value is -2.18. The molecule has 0 aliphatic heterocycles. The van der Waals surface area contributed by atoms with Crippen LogP contribution in [0.15, 0.2) is 58.3 Å². The van der Waals surface area contributed by atoms with Gasteiger partial charge in [-0.2, -0.15) is 0 Å². The summed E-state index contributed by atoms with van der Waals surface area (Å²) in [4.78, 5) is 12.0. The van der Waals surface area contributed by atoms with Crippen LogP contribution in [0, 0.1) is 0 Å². The zero-order valence-corrected chi connectivity index (χ0v) is 13.1. The van der Waals surface area contributed by atoms with Crippen LogP contribution in [0.4, 0.5) is 0 Å². The van der Waals surface area contributed by atoms with Gasteiger partial charge < -0.3 is 11.1 Å². The van der Waals surface area contributed by atoms with Crippen LogP contribution in [0.1, 0.15) is 22.8 Å². The summed E-state index contributed by atoms with van der Waals surface area (Å²) < 4.78 is 25.0. The van der Waals surface area contributed by atoms with Gasteiger partial charge in [0, 0.05) is 18.7 Å². The van der Waals surface area contributed by atoms with Gasteiger partial charge in [-0.15, -0.1) is 0 Å². The van der Waals surface area contributed by atoms with E-state index in [1.165, 1.54) is 36.4 Å². The highest BCUT2D eigenvalue weighted by Crippen LogP contribution is 2.21. The van der Waals surface area contributed by atoms with Crippen LogP contribution in [0.2, 0.25) is 0 Å². The van der Waals surface area contributed by atoms with Gasteiger partial charge in [0.1, 0.15) is 0 Å². The van der Waals surface area contributed by atoms with Crippen molar-refractivity contribution in [3.05, 3.63) is 59.7 Å². The number of amides is 1. The molecule has 0 aliphatic carbocycles. The Kier molecular flexibility index (Phi) is 4.95. The normalized spacial score (nSPS) is 11.2. The molecule has 22 heavy (non-hydrogen) atoms. The summed E-state index contributed by atoms with van der Waals surface area (Å²) >= 11 is 0. The molecule has 0 radical (unpaired) electrons. The van der Waals surface area contributed by atoms with Crippen molar-refractivity contribution in [2.24, 2.45) is 5.73 Å². The van der Waals surface area contributed by atoms with Gasteiger partial charge in [0.15, 0.2) is 0 Å². The second-order valence-electron chi connectivity index (χ2n) is 4.74. The Morgan fingerprint density at radius 2 is 1.50 bits per heavy atom. The smallest absolute Gasteiger partial charge is 0.251 e. The molecule has 0 aromatic heterocycles. The Bertz CT molecular complexity index is 751. The summed E-state index contributed by atoms with van der Waals surface area (Å²) in [6, 6.07) is 12.3. The van der Waals surface area contributed by atoms with Gasteiger partial charge in [0.25, 0.3) is 5.91 Å². The molecule has 0 atom stereocenters. The molecule has 0 spiro atoms. The van der Waals surface area contributed by atoms with Crippen LogP contribution >= 0.6 is 0 Å². The summed E-state index contributed by atoms with van der Waals surface area (Å²) in [6.45, 7) is 2.70. The number of sulfone groups is 1. The van der Waals surface area contributed by atoms with Crippen LogP contribution in [0.25, 0.3) is 0 Å². The third kappa shape index (κ3) is 3.35. The molecule has 2 aromatic rings. The lowest BCUT2D eigenvalue weighted by atomic mass is 10.2. The first-order valence-corrected chi connectivity index (χ1v) is 8.39. The minimum Gasteiger partial charge on any atom is -0.352 e. The Morgan fingerprint density at radius 3 is 1.95 bits per heavy atom. The molecule has 0 heterocycles. The summed E-state index contributed by atoms with van der Waals surface area (Å²) in [5.41, 5.74) is 6.80. The number of rotatable bonds is 5. The quantitative estimate of drug-likeness (QED) is 0.878. The second kappa shape index (κ2) is 6.72. The third-order valence-corrected chi connectivity index (χ3v) is 5.02. The predicted octanol–water partition coefficient (Wildman–Crippen LogP) is 1.73. The molecule has 0 saturated carbocycles. The number of benzene rings is 2. The predicted molar refractivity (Wildman–Crippen MR) is 84.2 cm³/mol. The average molecular weight is 318 g/mol. The van der Waals surface area contributed by atoms with E-state index in [2.05, 4.69) is 5.32 Å². The highest BCUT2D eigenvalue weighted by molar-refractivity contribution is 7.91. The van der Waals surface area contributed by atoms with Gasteiger partial charge in [-0.3, -0.25) is 4.79 Å². The molecule has 5 nitrogen and oxygen atoms in total. The van der Waals surface area contributed by atoms with E-state index in [0.29, 0.717) is 18.7 Å². The van der Waals surface area contributed by atoms with E-state index in [0.717, 1.165) is 5.56 Å². The van der Waals surface area contributed by atoms with Gasteiger partial charge >= 0.3 is 0 Å². The van der Waals surface area contributed by atoms with E-state index in [9.17, 15) is 13.2 Å². The van der Waals surface area contributed by atoms with Crippen LogP contribution < -0.4 is 11.1 Å². The molecule has 3 N–H and O–H groups in total. The fraction of sp³-hybridized carbons (Fsp3) is 0.188. The molecular weight excluding hydrogens is 300 g/mol. The molecule has 1 amide bonds. The van der Waals surface area contributed by atoms with Gasteiger partial charge in [-0.05, 0) is 48.9 Å². The molecule has 0 saturated heterocycles. The van der Waals surface area contributed by atoms with E-state index >= 15 is 0 Å². The highest BCUT2D eigenvalue weighted by Gasteiger charge is 2.18. The molecule has 0 aliphatic rings. The van der Waals surface area contributed by atoms with Crippen molar-refractivity contribution in [1.29, 1.82) is 0 Å². The van der Waals surface area contributed by atoms with E-state index in [-0.39, 0.29) is 15.7 Å². The molecule has 2 aromatic carbocycles. The van der Waals surface area contributed by atoms with E-state index in [1.807, 2.05) is 6.92 Å². The maximum absolute atomic E-state index is 12.5. The number of carbonyl (C=O) groups excluding carboxylic acids is 1. The Morgan fingerprint density at radius 1 is 1.00 bits per heavy atom. The van der Waals surface area contributed by atoms with Gasteiger partial charge in [-0.1, -0.05) is 12.1 Å². The maximum atomic E-state index is 12.5. The minimum atomic E-state index is -3.59. The molecule has 0 fully saturated rings. The number of nitrogens with one attached hydrogen (secondary N) is 1. The van der Waals surface area contributed by atoms with E-state index < -0.39 is 9.84 Å². The lowest BCUT2D eigenvalue weighted by Crippen LogP contribution is -2.22. The summed E-state index contributed by atoms with van der Waals surface area (Å²) in [7, 11) is -3.59. The van der Waals surface area contributed by atoms with E-state index in [4.69, 9.17) is 5.73 Å². The first-order chi connectivity index (χ1) is 10.5. The fourth-order valence-electron chi connectivity index (χ4n) is 1.99. The zero-order chi connectivity index (χ0) is 16.2. The number of hydrogen-bond donors (Lipinski definition) is 2. The molecular formula is C16H18N2O3S. The third-order valence-electron chi connectivity index (χ3n) is 3.23. The van der Waals surface area contributed by atoms with Crippen molar-refractivity contribution >= 4 is 15.7 Å². The monoisotopic (exact) mass is 318 g/mol. The molecule has 6 heteroatoms. The molecule has 0 unspecified atom stereocenters. The lowest BCUT2D eigenvalue weighted by Gasteiger charge is -2.07. The average Bonchev–Trinajstić information content (AvgIpc) is 2.55. The standard InChI is InChI=1S/C16H18N2O3S/c1-2-18-16(19)13-5-9-15(10-6-13)22(20,21)14-7-3-12(11-17)4-8-14/h3-10H,2,11,17H2,1H3,(H,18,19). The number of hydrogen-bond acceptors (Lipinski definition) is 4. The van der Waals surface area contributed by atoms with Gasteiger partial charge in [0.05, 0.1) is 9.79 Å². The number of carbonyl (C=O) groups is 1. The Labute approximate surface area is 130 Å². The first-order valence-electron chi connectivity index (χ1n) is 6.91. The van der Waals surface area contributed by atoms with Gasteiger partial charge in [0.2, 0.25) is 9.84 Å². The fourth-order valence-corrected chi connectivity index (χ4v) is 3.25. The highest BCUT2D eigenvalue weighted by atomic mass is 32.2. The van der Waals surface area contributed by atoms with Crippen LogP contribution in [0.5, 0.6) is 0 Å². The maximum Gasteiger partial charge on any atom is 0.251 e. The second-order valence-corrected chi connectivity index (χ2v) is 6.69. The molecule has 2 rings (SSSR count). The number of nitrogens with two attached hydrogens (primary N) is 1. The van der Waals surface area contributed by atoms with Crippen LogP contribution in [-0.2, 0) is 16.4 Å². The van der Waals surface area contributed by atoms with Crippen LogP contribution in [-0.4, -0.2) is 20.9 Å². The van der Waals surface area contributed by atoms with Crippen molar-refractivity contribution < 1.29 is 13.2 Å². The topological polar surface area (TPSA) is 89.3 Å². The summed E-state index contributed by atoms with van der Waals surface area (Å²) in [5, 5.41) is 2.66. The molecule has 116 valence electrons. The summed E-state index contributed by atoms with van der Waals surface area (Å²) in [5.74, 6) is -0.223. The molecule has 0 bridgehead atoms. The van der Waals surface area contributed by atoms with Crippen molar-refractivity contribution in [2.75, 3.05) is 6.54 Å².